The first kappa shape index (κ1) is 21.5. The Labute approximate surface area is 186 Å². The molecule has 3 aromatic rings. The van der Waals surface area contributed by atoms with Gasteiger partial charge in [-0.2, -0.15) is 4.98 Å². The molecule has 0 saturated heterocycles. The average molecular weight is 432 g/mol. The van der Waals surface area contributed by atoms with Crippen LogP contribution in [0.3, 0.4) is 0 Å². The van der Waals surface area contributed by atoms with Gasteiger partial charge in [0.15, 0.2) is 0 Å². The van der Waals surface area contributed by atoms with Gasteiger partial charge >= 0.3 is 5.97 Å². The van der Waals surface area contributed by atoms with Gasteiger partial charge in [0.05, 0.1) is 12.7 Å². The summed E-state index contributed by atoms with van der Waals surface area (Å²) in [5, 5.41) is 16.6. The Morgan fingerprint density at radius 1 is 1.31 bits per heavy atom. The van der Waals surface area contributed by atoms with E-state index < -0.39 is 12.0 Å². The Morgan fingerprint density at radius 3 is 2.84 bits per heavy atom. The van der Waals surface area contributed by atoms with Crippen LogP contribution in [0.2, 0.25) is 0 Å². The van der Waals surface area contributed by atoms with Gasteiger partial charge in [0.2, 0.25) is 11.5 Å². The molecule has 164 valence electrons. The molecule has 2 N–H and O–H groups in total. The van der Waals surface area contributed by atoms with Crippen molar-refractivity contribution in [2.75, 3.05) is 0 Å². The van der Waals surface area contributed by atoms with Crippen molar-refractivity contribution < 1.29 is 19.2 Å². The molecule has 1 aliphatic carbocycles. The van der Waals surface area contributed by atoms with E-state index in [4.69, 9.17) is 15.8 Å². The first-order valence-electron chi connectivity index (χ1n) is 10.5. The lowest BCUT2D eigenvalue weighted by Gasteiger charge is -2.17. The van der Waals surface area contributed by atoms with Gasteiger partial charge < -0.3 is 14.4 Å². The first-order chi connectivity index (χ1) is 15.4. The van der Waals surface area contributed by atoms with Crippen LogP contribution in [0.1, 0.15) is 44.4 Å². The lowest BCUT2D eigenvalue weighted by Crippen LogP contribution is -2.35. The van der Waals surface area contributed by atoms with Crippen LogP contribution in [-0.2, 0) is 11.2 Å². The molecular weight excluding hydrogens is 408 g/mol. The number of aromatic nitrogens is 2. The molecule has 2 atom stereocenters. The molecule has 2 aromatic carbocycles. The molecule has 0 bridgehead atoms. The number of hydrogen-bond donors (Lipinski definition) is 2. The highest BCUT2D eigenvalue weighted by molar-refractivity contribution is 5.73. The second kappa shape index (κ2) is 8.81. The Morgan fingerprint density at radius 2 is 2.12 bits per heavy atom. The van der Waals surface area contributed by atoms with Crippen molar-refractivity contribution in [2.45, 2.75) is 51.8 Å². The summed E-state index contributed by atoms with van der Waals surface area (Å²) in [5.41, 5.74) is 4.06. The maximum atomic E-state index is 11.2. The summed E-state index contributed by atoms with van der Waals surface area (Å²) in [6.07, 6.45) is 1.57. The summed E-state index contributed by atoms with van der Waals surface area (Å²) < 4.78 is 11.2. The summed E-state index contributed by atoms with van der Waals surface area (Å²) in [7, 11) is 0. The number of carboxylic acid groups (broad SMARTS) is 1. The summed E-state index contributed by atoms with van der Waals surface area (Å²) in [6, 6.07) is 10.4. The van der Waals surface area contributed by atoms with E-state index in [0.717, 1.165) is 29.5 Å². The highest BCUT2D eigenvalue weighted by Gasteiger charge is 2.28. The monoisotopic (exact) mass is 432 g/mol. The largest absolute Gasteiger partial charge is 0.502 e. The molecule has 8 nitrogen and oxygen atoms in total. The number of aliphatic carboxylic acids is 1. The molecule has 32 heavy (non-hydrogen) atoms. The Hall–Kier alpha value is -3.70. The SMILES string of the molecule is [C-]#[N+]c1cc(-c2nc(-c3cccc4c3CC[C@@H]4N[C@@H](C)C(=O)O)no2)ccc1OC(C)C. The zero-order chi connectivity index (χ0) is 22.8. The minimum absolute atomic E-state index is 0.0304. The summed E-state index contributed by atoms with van der Waals surface area (Å²) in [5.74, 6) is 0.441. The van der Waals surface area contributed by atoms with Crippen molar-refractivity contribution in [1.29, 1.82) is 0 Å². The van der Waals surface area contributed by atoms with Gasteiger partial charge in [0.1, 0.15) is 11.8 Å². The van der Waals surface area contributed by atoms with Crippen molar-refractivity contribution in [3.05, 3.63) is 58.9 Å². The van der Waals surface area contributed by atoms with Gasteiger partial charge in [-0.25, -0.2) is 4.85 Å². The Kier molecular flexibility index (Phi) is 5.93. The van der Waals surface area contributed by atoms with Crippen molar-refractivity contribution in [1.82, 2.24) is 15.5 Å². The molecule has 0 saturated carbocycles. The number of carboxylic acids is 1. The highest BCUT2D eigenvalue weighted by atomic mass is 16.5. The number of ether oxygens (including phenoxy) is 1. The van der Waals surface area contributed by atoms with Gasteiger partial charge in [-0.3, -0.25) is 10.1 Å². The molecule has 0 unspecified atom stereocenters. The summed E-state index contributed by atoms with van der Waals surface area (Å²) in [4.78, 5) is 19.3. The van der Waals surface area contributed by atoms with E-state index in [1.165, 1.54) is 0 Å². The van der Waals surface area contributed by atoms with Crippen LogP contribution in [0.5, 0.6) is 5.75 Å². The minimum atomic E-state index is -0.874. The molecular formula is C24H24N4O4. The molecule has 0 amide bonds. The van der Waals surface area contributed by atoms with Gasteiger partial charge in [-0.05, 0) is 62.9 Å². The third-order valence-corrected chi connectivity index (χ3v) is 5.45. The Bertz CT molecular complexity index is 1190. The van der Waals surface area contributed by atoms with Gasteiger partial charge in [-0.1, -0.05) is 23.4 Å². The van der Waals surface area contributed by atoms with Crippen LogP contribution in [0.25, 0.3) is 27.7 Å². The molecule has 0 aliphatic heterocycles. The smallest absolute Gasteiger partial charge is 0.320 e. The van der Waals surface area contributed by atoms with Crippen LogP contribution < -0.4 is 10.1 Å². The van der Waals surface area contributed by atoms with E-state index in [-0.39, 0.29) is 12.1 Å². The van der Waals surface area contributed by atoms with Crippen LogP contribution in [0.4, 0.5) is 5.69 Å². The van der Waals surface area contributed by atoms with Crippen molar-refractivity contribution in [3.63, 3.8) is 0 Å². The molecule has 0 spiro atoms. The Balaban J connectivity index is 1.62. The van der Waals surface area contributed by atoms with E-state index in [0.29, 0.717) is 28.7 Å². The summed E-state index contributed by atoms with van der Waals surface area (Å²) >= 11 is 0. The molecule has 8 heteroatoms. The number of carbonyl (C=O) groups is 1. The molecule has 0 fully saturated rings. The number of nitrogens with zero attached hydrogens (tertiary/aromatic N) is 3. The fraction of sp³-hybridized carbons (Fsp3) is 0.333. The predicted molar refractivity (Wildman–Crippen MR) is 118 cm³/mol. The van der Waals surface area contributed by atoms with E-state index in [9.17, 15) is 9.90 Å². The normalized spacial score (nSPS) is 15.9. The van der Waals surface area contributed by atoms with Crippen molar-refractivity contribution in [2.24, 2.45) is 0 Å². The van der Waals surface area contributed by atoms with Gasteiger partial charge in [0.25, 0.3) is 5.89 Å². The minimum Gasteiger partial charge on any atom is -0.502 e. The zero-order valence-electron chi connectivity index (χ0n) is 18.1. The summed E-state index contributed by atoms with van der Waals surface area (Å²) in [6.45, 7) is 12.9. The van der Waals surface area contributed by atoms with Gasteiger partial charge in [-0.15, -0.1) is 0 Å². The fourth-order valence-corrected chi connectivity index (χ4v) is 3.95. The van der Waals surface area contributed by atoms with Crippen LogP contribution >= 0.6 is 0 Å². The fourth-order valence-electron chi connectivity index (χ4n) is 3.95. The lowest BCUT2D eigenvalue weighted by molar-refractivity contribution is -0.139. The second-order valence-electron chi connectivity index (χ2n) is 8.08. The number of nitrogens with one attached hydrogen (secondary N) is 1. The standard InChI is InChI=1S/C24H24N4O4/c1-13(2)31-21-11-8-15(12-20(21)25-4)23-27-22(28-32-23)18-7-5-6-17-16(18)9-10-19(17)26-14(3)24(29)30/h5-8,11-14,19,26H,9-10H2,1-3H3,(H,29,30)/t14-,19-/m0/s1. The van der Waals surface area contributed by atoms with E-state index in [2.05, 4.69) is 20.3 Å². The van der Waals surface area contributed by atoms with Crippen LogP contribution in [0.15, 0.2) is 40.9 Å². The third-order valence-electron chi connectivity index (χ3n) is 5.45. The molecule has 4 rings (SSSR count). The zero-order valence-corrected chi connectivity index (χ0v) is 18.1. The maximum Gasteiger partial charge on any atom is 0.320 e. The average Bonchev–Trinajstić information content (AvgIpc) is 3.41. The van der Waals surface area contributed by atoms with Crippen LogP contribution in [0, 0.1) is 6.57 Å². The predicted octanol–water partition coefficient (Wildman–Crippen LogP) is 4.79. The number of rotatable bonds is 7. The van der Waals surface area contributed by atoms with Crippen molar-refractivity contribution >= 4 is 11.7 Å². The molecule has 1 heterocycles. The van der Waals surface area contributed by atoms with Crippen LogP contribution in [-0.4, -0.2) is 33.4 Å². The van der Waals surface area contributed by atoms with E-state index in [1.54, 1.807) is 25.1 Å². The van der Waals surface area contributed by atoms with Gasteiger partial charge in [0, 0.05) is 17.2 Å². The van der Waals surface area contributed by atoms with E-state index >= 15 is 0 Å². The third kappa shape index (κ3) is 4.20. The quantitative estimate of drug-likeness (QED) is 0.518. The highest BCUT2D eigenvalue weighted by Crippen LogP contribution is 2.38. The number of hydrogen-bond acceptors (Lipinski definition) is 6. The second-order valence-corrected chi connectivity index (χ2v) is 8.08. The number of benzene rings is 2. The molecule has 0 radical (unpaired) electrons. The molecule has 1 aliphatic rings. The maximum absolute atomic E-state index is 11.2. The van der Waals surface area contributed by atoms with E-state index in [1.807, 2.05) is 32.0 Å². The number of fused-ring (bicyclic) bond motifs is 1. The molecule has 1 aromatic heterocycles. The lowest BCUT2D eigenvalue weighted by atomic mass is 10.0. The van der Waals surface area contributed by atoms with Crippen molar-refractivity contribution in [3.8, 4) is 28.6 Å². The first-order valence-corrected chi connectivity index (χ1v) is 10.5. The topological polar surface area (TPSA) is 102 Å².